The fourth-order valence-corrected chi connectivity index (χ4v) is 1.28. The van der Waals surface area contributed by atoms with Crippen LogP contribution in [0.3, 0.4) is 0 Å². The molecule has 0 aliphatic heterocycles. The lowest BCUT2D eigenvalue weighted by Gasteiger charge is -2.00. The fraction of sp³-hybridized carbons (Fsp3) is 0.111. The zero-order chi connectivity index (χ0) is 9.42. The largest absolute Gasteiger partial charge is 0.384 e. The topological polar surface area (TPSA) is 67.2 Å². The van der Waals surface area contributed by atoms with Crippen LogP contribution in [0.25, 0.3) is 5.52 Å². The first-order valence-electron chi connectivity index (χ1n) is 3.96. The molecule has 0 aromatic carbocycles. The van der Waals surface area contributed by atoms with Crippen molar-refractivity contribution < 1.29 is 0 Å². The van der Waals surface area contributed by atoms with Crippen LogP contribution in [0.15, 0.2) is 24.5 Å². The number of hydrogen-bond donors (Lipinski definition) is 2. The second-order valence-corrected chi connectivity index (χ2v) is 2.93. The highest BCUT2D eigenvalue weighted by atomic mass is 15.0. The molecular formula is C9H10N4. The van der Waals surface area contributed by atoms with Crippen LogP contribution in [0.5, 0.6) is 0 Å². The van der Waals surface area contributed by atoms with Gasteiger partial charge in [0.2, 0.25) is 0 Å². The van der Waals surface area contributed by atoms with Crippen LogP contribution in [0.2, 0.25) is 0 Å². The number of fused-ring (bicyclic) bond motifs is 1. The molecule has 4 heteroatoms. The van der Waals surface area contributed by atoms with E-state index in [1.54, 1.807) is 6.20 Å². The summed E-state index contributed by atoms with van der Waals surface area (Å²) in [5.74, 6) is 0.980. The van der Waals surface area contributed by atoms with Crippen molar-refractivity contribution in [2.24, 2.45) is 5.73 Å². The number of rotatable bonds is 1. The molecule has 0 amide bonds. The molecule has 66 valence electrons. The van der Waals surface area contributed by atoms with Gasteiger partial charge in [-0.15, -0.1) is 0 Å². The van der Waals surface area contributed by atoms with Gasteiger partial charge in [0, 0.05) is 11.8 Å². The number of aryl methyl sites for hydroxylation is 1. The van der Waals surface area contributed by atoms with E-state index in [0.29, 0.717) is 5.56 Å². The van der Waals surface area contributed by atoms with Crippen LogP contribution >= 0.6 is 0 Å². The smallest absolute Gasteiger partial charge is 0.124 e. The van der Waals surface area contributed by atoms with Gasteiger partial charge in [-0.05, 0) is 19.1 Å². The Balaban J connectivity index is 2.72. The highest BCUT2D eigenvalue weighted by molar-refractivity contribution is 5.94. The number of amidine groups is 1. The maximum Gasteiger partial charge on any atom is 0.124 e. The van der Waals surface area contributed by atoms with Crippen molar-refractivity contribution in [2.75, 3.05) is 0 Å². The van der Waals surface area contributed by atoms with E-state index in [-0.39, 0.29) is 5.84 Å². The van der Waals surface area contributed by atoms with Gasteiger partial charge in [-0.25, -0.2) is 4.98 Å². The van der Waals surface area contributed by atoms with Gasteiger partial charge in [0.05, 0.1) is 11.7 Å². The first kappa shape index (κ1) is 7.79. The number of aromatic nitrogens is 2. The summed E-state index contributed by atoms with van der Waals surface area (Å²) in [5, 5.41) is 7.28. The lowest BCUT2D eigenvalue weighted by molar-refractivity contribution is 1.04. The number of nitrogen functional groups attached to an aromatic ring is 1. The molecule has 0 aliphatic carbocycles. The Kier molecular flexibility index (Phi) is 1.55. The standard InChI is InChI=1S/C9H10N4/c1-6-12-4-8-3-2-7(9(10)11)5-13(6)8/h2-5H,1H3,(H3,10,11). The van der Waals surface area contributed by atoms with E-state index in [4.69, 9.17) is 11.1 Å². The number of nitrogens with zero attached hydrogens (tertiary/aromatic N) is 2. The lowest BCUT2D eigenvalue weighted by atomic mass is 10.2. The van der Waals surface area contributed by atoms with Gasteiger partial charge in [-0.1, -0.05) is 0 Å². The molecule has 0 aliphatic rings. The van der Waals surface area contributed by atoms with E-state index in [1.165, 1.54) is 0 Å². The van der Waals surface area contributed by atoms with Crippen molar-refractivity contribution >= 4 is 11.4 Å². The molecule has 0 unspecified atom stereocenters. The first-order chi connectivity index (χ1) is 6.18. The minimum absolute atomic E-state index is 0.0787. The van der Waals surface area contributed by atoms with Crippen LogP contribution in [-0.4, -0.2) is 15.2 Å². The maximum atomic E-state index is 7.28. The van der Waals surface area contributed by atoms with Crippen molar-refractivity contribution in [3.63, 3.8) is 0 Å². The summed E-state index contributed by atoms with van der Waals surface area (Å²) >= 11 is 0. The van der Waals surface area contributed by atoms with E-state index in [0.717, 1.165) is 11.3 Å². The molecule has 0 radical (unpaired) electrons. The minimum atomic E-state index is 0.0787. The predicted molar refractivity (Wildman–Crippen MR) is 50.9 cm³/mol. The third-order valence-electron chi connectivity index (χ3n) is 2.02. The summed E-state index contributed by atoms with van der Waals surface area (Å²) < 4.78 is 1.91. The molecule has 2 rings (SSSR count). The van der Waals surface area contributed by atoms with Crippen LogP contribution in [0, 0.1) is 12.3 Å². The molecule has 0 saturated carbocycles. The molecule has 3 N–H and O–H groups in total. The SMILES string of the molecule is Cc1ncc2ccc(C(=N)N)cn12. The molecule has 4 nitrogen and oxygen atoms in total. The monoisotopic (exact) mass is 174 g/mol. The summed E-state index contributed by atoms with van der Waals surface area (Å²) in [6.07, 6.45) is 3.61. The molecule has 2 aromatic heterocycles. The Morgan fingerprint density at radius 3 is 3.00 bits per heavy atom. The van der Waals surface area contributed by atoms with Crippen molar-refractivity contribution in [2.45, 2.75) is 6.92 Å². The zero-order valence-electron chi connectivity index (χ0n) is 7.28. The maximum absolute atomic E-state index is 7.28. The van der Waals surface area contributed by atoms with Crippen LogP contribution in [-0.2, 0) is 0 Å². The van der Waals surface area contributed by atoms with Gasteiger partial charge in [-0.2, -0.15) is 0 Å². The Bertz CT molecular complexity index is 469. The third kappa shape index (κ3) is 1.16. The van der Waals surface area contributed by atoms with Crippen molar-refractivity contribution in [3.8, 4) is 0 Å². The van der Waals surface area contributed by atoms with Gasteiger partial charge in [0.15, 0.2) is 0 Å². The molecule has 0 atom stereocenters. The number of pyridine rings is 1. The van der Waals surface area contributed by atoms with E-state index in [9.17, 15) is 0 Å². The Morgan fingerprint density at radius 1 is 1.54 bits per heavy atom. The van der Waals surface area contributed by atoms with Crippen molar-refractivity contribution in [1.29, 1.82) is 5.41 Å². The summed E-state index contributed by atoms with van der Waals surface area (Å²) in [7, 11) is 0. The number of nitrogens with one attached hydrogen (secondary N) is 1. The molecule has 2 heterocycles. The van der Waals surface area contributed by atoms with Gasteiger partial charge in [0.1, 0.15) is 11.7 Å². The Hall–Kier alpha value is -1.84. The molecule has 13 heavy (non-hydrogen) atoms. The van der Waals surface area contributed by atoms with Crippen molar-refractivity contribution in [3.05, 3.63) is 35.9 Å². The van der Waals surface area contributed by atoms with Gasteiger partial charge < -0.3 is 10.1 Å². The second kappa shape index (κ2) is 2.58. The molecule has 0 fully saturated rings. The average molecular weight is 174 g/mol. The van der Waals surface area contributed by atoms with Crippen LogP contribution in [0.1, 0.15) is 11.4 Å². The summed E-state index contributed by atoms with van der Waals surface area (Å²) in [6.45, 7) is 1.91. The third-order valence-corrected chi connectivity index (χ3v) is 2.02. The summed E-state index contributed by atoms with van der Waals surface area (Å²) in [4.78, 5) is 4.15. The van der Waals surface area contributed by atoms with E-state index < -0.39 is 0 Å². The highest BCUT2D eigenvalue weighted by Gasteiger charge is 2.01. The summed E-state index contributed by atoms with van der Waals surface area (Å²) in [5.41, 5.74) is 7.11. The average Bonchev–Trinajstić information content (AvgIpc) is 2.47. The molecular weight excluding hydrogens is 164 g/mol. The minimum Gasteiger partial charge on any atom is -0.384 e. The van der Waals surface area contributed by atoms with Gasteiger partial charge in [0.25, 0.3) is 0 Å². The van der Waals surface area contributed by atoms with Gasteiger partial charge >= 0.3 is 0 Å². The fourth-order valence-electron chi connectivity index (χ4n) is 1.28. The van der Waals surface area contributed by atoms with E-state index in [2.05, 4.69) is 4.98 Å². The lowest BCUT2D eigenvalue weighted by Crippen LogP contribution is -2.11. The molecule has 0 bridgehead atoms. The molecule has 0 saturated heterocycles. The van der Waals surface area contributed by atoms with E-state index in [1.807, 2.05) is 29.7 Å². The zero-order valence-corrected chi connectivity index (χ0v) is 7.28. The Morgan fingerprint density at radius 2 is 2.31 bits per heavy atom. The number of nitrogens with two attached hydrogens (primary N) is 1. The number of hydrogen-bond acceptors (Lipinski definition) is 2. The quantitative estimate of drug-likeness (QED) is 0.498. The van der Waals surface area contributed by atoms with E-state index >= 15 is 0 Å². The number of imidazole rings is 1. The summed E-state index contributed by atoms with van der Waals surface area (Å²) in [6, 6.07) is 3.72. The van der Waals surface area contributed by atoms with Gasteiger partial charge in [-0.3, -0.25) is 5.41 Å². The highest BCUT2D eigenvalue weighted by Crippen LogP contribution is 2.07. The predicted octanol–water partition coefficient (Wildman–Crippen LogP) is 0.927. The molecule has 0 spiro atoms. The van der Waals surface area contributed by atoms with Crippen molar-refractivity contribution in [1.82, 2.24) is 9.38 Å². The van der Waals surface area contributed by atoms with Crippen LogP contribution < -0.4 is 5.73 Å². The normalized spacial score (nSPS) is 10.5. The Labute approximate surface area is 75.5 Å². The first-order valence-corrected chi connectivity index (χ1v) is 3.96. The van der Waals surface area contributed by atoms with Crippen LogP contribution in [0.4, 0.5) is 0 Å². The molecule has 2 aromatic rings. The second-order valence-electron chi connectivity index (χ2n) is 2.93.